The highest BCUT2D eigenvalue weighted by molar-refractivity contribution is 5.78. The minimum absolute atomic E-state index is 0.105. The minimum atomic E-state index is 0.105. The van der Waals surface area contributed by atoms with Gasteiger partial charge in [0.25, 0.3) is 0 Å². The molecule has 6 heteroatoms. The van der Waals surface area contributed by atoms with Crippen LogP contribution >= 0.6 is 0 Å². The van der Waals surface area contributed by atoms with E-state index in [4.69, 9.17) is 15.2 Å². The smallest absolute Gasteiger partial charge is 0.234 e. The highest BCUT2D eigenvalue weighted by atomic mass is 16.5. The van der Waals surface area contributed by atoms with Crippen molar-refractivity contribution in [2.24, 2.45) is 5.73 Å². The molecule has 1 atom stereocenters. The summed E-state index contributed by atoms with van der Waals surface area (Å²) in [5, 5.41) is 2.97. The van der Waals surface area contributed by atoms with E-state index in [-0.39, 0.29) is 12.0 Å². The molecule has 0 aromatic rings. The average molecular weight is 299 g/mol. The Hall–Kier alpha value is -0.690. The Balaban J connectivity index is 1.54. The fraction of sp³-hybridized carbons (Fsp3) is 0.933. The molecule has 0 aliphatic carbocycles. The SMILES string of the molecule is NCCCOC1CCN(CC(=O)NCC2CCCO2)CC1. The number of likely N-dealkylation sites (tertiary alicyclic amines) is 1. The number of rotatable bonds is 8. The molecule has 21 heavy (non-hydrogen) atoms. The lowest BCUT2D eigenvalue weighted by Crippen LogP contribution is -2.44. The molecule has 2 aliphatic rings. The van der Waals surface area contributed by atoms with Crippen LogP contribution in [-0.2, 0) is 14.3 Å². The molecule has 0 spiro atoms. The average Bonchev–Trinajstić information content (AvgIpc) is 3.01. The van der Waals surface area contributed by atoms with Crippen molar-refractivity contribution in [1.82, 2.24) is 10.2 Å². The van der Waals surface area contributed by atoms with E-state index in [2.05, 4.69) is 10.2 Å². The van der Waals surface area contributed by atoms with Gasteiger partial charge in [-0.2, -0.15) is 0 Å². The van der Waals surface area contributed by atoms with Gasteiger partial charge in [-0.15, -0.1) is 0 Å². The third-order valence-corrected chi connectivity index (χ3v) is 4.15. The Morgan fingerprint density at radius 1 is 1.33 bits per heavy atom. The van der Waals surface area contributed by atoms with Crippen molar-refractivity contribution in [3.8, 4) is 0 Å². The maximum atomic E-state index is 11.9. The number of amides is 1. The third-order valence-electron chi connectivity index (χ3n) is 4.15. The van der Waals surface area contributed by atoms with Gasteiger partial charge in [-0.05, 0) is 38.6 Å². The van der Waals surface area contributed by atoms with Crippen LogP contribution in [0.4, 0.5) is 0 Å². The normalized spacial score (nSPS) is 24.3. The van der Waals surface area contributed by atoms with Crippen molar-refractivity contribution in [2.75, 3.05) is 45.9 Å². The summed E-state index contributed by atoms with van der Waals surface area (Å²) in [5.74, 6) is 0.105. The highest BCUT2D eigenvalue weighted by Crippen LogP contribution is 2.14. The van der Waals surface area contributed by atoms with Crippen LogP contribution in [0.15, 0.2) is 0 Å². The van der Waals surface area contributed by atoms with Crippen LogP contribution in [-0.4, -0.2) is 69.0 Å². The second kappa shape index (κ2) is 9.35. The molecule has 2 aliphatic heterocycles. The first-order valence-electron chi connectivity index (χ1n) is 8.20. The number of hydrogen-bond acceptors (Lipinski definition) is 5. The van der Waals surface area contributed by atoms with Crippen LogP contribution in [0, 0.1) is 0 Å². The molecular weight excluding hydrogens is 270 g/mol. The van der Waals surface area contributed by atoms with E-state index < -0.39 is 0 Å². The molecule has 2 rings (SSSR count). The number of ether oxygens (including phenoxy) is 2. The summed E-state index contributed by atoms with van der Waals surface area (Å²) >= 11 is 0. The summed E-state index contributed by atoms with van der Waals surface area (Å²) in [4.78, 5) is 14.1. The van der Waals surface area contributed by atoms with Crippen molar-refractivity contribution in [3.63, 3.8) is 0 Å². The minimum Gasteiger partial charge on any atom is -0.378 e. The molecule has 0 bridgehead atoms. The molecule has 1 amide bonds. The number of hydrogen-bond donors (Lipinski definition) is 2. The van der Waals surface area contributed by atoms with Gasteiger partial charge in [0.15, 0.2) is 0 Å². The summed E-state index contributed by atoms with van der Waals surface area (Å²) in [5.41, 5.74) is 5.45. The van der Waals surface area contributed by atoms with Gasteiger partial charge >= 0.3 is 0 Å². The van der Waals surface area contributed by atoms with Crippen LogP contribution in [0.2, 0.25) is 0 Å². The van der Waals surface area contributed by atoms with Crippen LogP contribution in [0.3, 0.4) is 0 Å². The third kappa shape index (κ3) is 6.30. The van der Waals surface area contributed by atoms with E-state index in [1.54, 1.807) is 0 Å². The van der Waals surface area contributed by atoms with E-state index >= 15 is 0 Å². The van der Waals surface area contributed by atoms with E-state index in [9.17, 15) is 4.79 Å². The lowest BCUT2D eigenvalue weighted by Gasteiger charge is -2.31. The van der Waals surface area contributed by atoms with Crippen LogP contribution in [0.25, 0.3) is 0 Å². The van der Waals surface area contributed by atoms with E-state index in [1.165, 1.54) is 0 Å². The van der Waals surface area contributed by atoms with Gasteiger partial charge in [-0.3, -0.25) is 9.69 Å². The molecule has 2 heterocycles. The zero-order valence-corrected chi connectivity index (χ0v) is 12.9. The lowest BCUT2D eigenvalue weighted by atomic mass is 10.1. The zero-order chi connectivity index (χ0) is 14.9. The second-order valence-corrected chi connectivity index (χ2v) is 5.93. The first-order chi connectivity index (χ1) is 10.3. The zero-order valence-electron chi connectivity index (χ0n) is 12.9. The van der Waals surface area contributed by atoms with Gasteiger partial charge < -0.3 is 20.5 Å². The summed E-state index contributed by atoms with van der Waals surface area (Å²) in [6, 6.07) is 0. The van der Waals surface area contributed by atoms with Crippen molar-refractivity contribution in [1.29, 1.82) is 0 Å². The Morgan fingerprint density at radius 2 is 2.14 bits per heavy atom. The molecule has 0 aromatic heterocycles. The molecule has 2 fully saturated rings. The molecule has 0 radical (unpaired) electrons. The fourth-order valence-corrected chi connectivity index (χ4v) is 2.86. The Labute approximate surface area is 127 Å². The molecule has 0 aromatic carbocycles. The topological polar surface area (TPSA) is 76.8 Å². The quantitative estimate of drug-likeness (QED) is 0.622. The van der Waals surface area contributed by atoms with Crippen LogP contribution < -0.4 is 11.1 Å². The first-order valence-corrected chi connectivity index (χ1v) is 8.20. The van der Waals surface area contributed by atoms with Crippen molar-refractivity contribution in [3.05, 3.63) is 0 Å². The number of nitrogens with zero attached hydrogens (tertiary/aromatic N) is 1. The summed E-state index contributed by atoms with van der Waals surface area (Å²) in [7, 11) is 0. The van der Waals surface area contributed by atoms with Gasteiger partial charge in [-0.1, -0.05) is 0 Å². The lowest BCUT2D eigenvalue weighted by molar-refractivity contribution is -0.123. The maximum Gasteiger partial charge on any atom is 0.234 e. The number of carbonyl (C=O) groups is 1. The standard InChI is InChI=1S/C15H29N3O3/c16-6-2-10-20-13-4-7-18(8-5-13)12-15(19)17-11-14-3-1-9-21-14/h13-14H,1-12,16H2,(H,17,19). The number of piperidine rings is 1. The predicted molar refractivity (Wildman–Crippen MR) is 81.1 cm³/mol. The van der Waals surface area contributed by atoms with Crippen LogP contribution in [0.1, 0.15) is 32.1 Å². The van der Waals surface area contributed by atoms with Gasteiger partial charge in [0.05, 0.1) is 18.8 Å². The number of nitrogens with two attached hydrogens (primary N) is 1. The predicted octanol–water partition coefficient (Wildman–Crippen LogP) is 0.111. The second-order valence-electron chi connectivity index (χ2n) is 5.93. The van der Waals surface area contributed by atoms with Gasteiger partial charge in [0.1, 0.15) is 0 Å². The van der Waals surface area contributed by atoms with E-state index in [0.717, 1.165) is 58.4 Å². The summed E-state index contributed by atoms with van der Waals surface area (Å²) in [6.45, 7) is 5.27. The van der Waals surface area contributed by atoms with Crippen molar-refractivity contribution >= 4 is 5.91 Å². The van der Waals surface area contributed by atoms with Gasteiger partial charge in [0.2, 0.25) is 5.91 Å². The molecule has 1 unspecified atom stereocenters. The maximum absolute atomic E-state index is 11.9. The Kier molecular flexibility index (Phi) is 7.43. The fourth-order valence-electron chi connectivity index (χ4n) is 2.86. The molecule has 0 saturated carbocycles. The van der Waals surface area contributed by atoms with Crippen molar-refractivity contribution < 1.29 is 14.3 Å². The van der Waals surface area contributed by atoms with Crippen LogP contribution in [0.5, 0.6) is 0 Å². The summed E-state index contributed by atoms with van der Waals surface area (Å²) < 4.78 is 11.3. The Morgan fingerprint density at radius 3 is 2.81 bits per heavy atom. The van der Waals surface area contributed by atoms with Gasteiger partial charge in [-0.25, -0.2) is 0 Å². The first kappa shape index (κ1) is 16.7. The Bertz CT molecular complexity index is 301. The monoisotopic (exact) mass is 299 g/mol. The molecule has 6 nitrogen and oxygen atoms in total. The highest BCUT2D eigenvalue weighted by Gasteiger charge is 2.22. The summed E-state index contributed by atoms with van der Waals surface area (Å²) in [6.07, 6.45) is 5.65. The molecular formula is C15H29N3O3. The molecule has 122 valence electrons. The van der Waals surface area contributed by atoms with E-state index in [1.807, 2.05) is 0 Å². The number of nitrogens with one attached hydrogen (secondary N) is 1. The number of carbonyl (C=O) groups excluding carboxylic acids is 1. The van der Waals surface area contributed by atoms with Gasteiger partial charge in [0, 0.05) is 32.8 Å². The molecule has 3 N–H and O–H groups in total. The van der Waals surface area contributed by atoms with Crippen molar-refractivity contribution in [2.45, 2.75) is 44.3 Å². The molecule has 2 saturated heterocycles. The van der Waals surface area contributed by atoms with E-state index in [0.29, 0.717) is 25.7 Å². The largest absolute Gasteiger partial charge is 0.378 e.